The zero-order valence-corrected chi connectivity index (χ0v) is 13.0. The maximum Gasteiger partial charge on any atom is 0.202 e. The van der Waals surface area contributed by atoms with E-state index in [1.165, 1.54) is 0 Å². The SMILES string of the molecule is COc1cc(C)ccc1OC(C)C(=O)c1ccc(Cl)cc1. The van der Waals surface area contributed by atoms with Gasteiger partial charge in [-0.15, -0.1) is 0 Å². The maximum absolute atomic E-state index is 12.3. The zero-order chi connectivity index (χ0) is 15.4. The van der Waals surface area contributed by atoms with Crippen molar-refractivity contribution in [2.45, 2.75) is 20.0 Å². The number of carbonyl (C=O) groups is 1. The van der Waals surface area contributed by atoms with E-state index in [0.29, 0.717) is 22.1 Å². The summed E-state index contributed by atoms with van der Waals surface area (Å²) in [5, 5.41) is 0.598. The lowest BCUT2D eigenvalue weighted by atomic mass is 10.1. The highest BCUT2D eigenvalue weighted by atomic mass is 35.5. The standard InChI is InChI=1S/C17H17ClO3/c1-11-4-9-15(16(10-11)20-3)21-12(2)17(19)13-5-7-14(18)8-6-13/h4-10,12H,1-3H3. The Morgan fingerprint density at radius 2 is 1.76 bits per heavy atom. The van der Waals surface area contributed by atoms with Gasteiger partial charge in [-0.1, -0.05) is 17.7 Å². The van der Waals surface area contributed by atoms with Crippen molar-refractivity contribution in [2.24, 2.45) is 0 Å². The number of hydrogen-bond donors (Lipinski definition) is 0. The van der Waals surface area contributed by atoms with E-state index < -0.39 is 6.10 Å². The Hall–Kier alpha value is -2.00. The minimum atomic E-state index is -0.609. The Balaban J connectivity index is 2.16. The second-order valence-electron chi connectivity index (χ2n) is 4.79. The van der Waals surface area contributed by atoms with Crippen LogP contribution in [-0.4, -0.2) is 19.0 Å². The second kappa shape index (κ2) is 6.64. The molecular weight excluding hydrogens is 288 g/mol. The summed E-state index contributed by atoms with van der Waals surface area (Å²) in [6.07, 6.45) is -0.609. The van der Waals surface area contributed by atoms with Gasteiger partial charge in [0.25, 0.3) is 0 Å². The average molecular weight is 305 g/mol. The first-order valence-corrected chi connectivity index (χ1v) is 7.00. The molecule has 4 heteroatoms. The van der Waals surface area contributed by atoms with Crippen LogP contribution >= 0.6 is 11.6 Å². The third-order valence-electron chi connectivity index (χ3n) is 3.12. The van der Waals surface area contributed by atoms with Crippen LogP contribution in [0.3, 0.4) is 0 Å². The Morgan fingerprint density at radius 1 is 1.10 bits per heavy atom. The van der Waals surface area contributed by atoms with E-state index in [2.05, 4.69) is 0 Å². The Labute approximate surface area is 129 Å². The van der Waals surface area contributed by atoms with Crippen molar-refractivity contribution in [1.82, 2.24) is 0 Å². The van der Waals surface area contributed by atoms with E-state index in [4.69, 9.17) is 21.1 Å². The summed E-state index contributed by atoms with van der Waals surface area (Å²) in [5.74, 6) is 1.07. The third kappa shape index (κ3) is 3.76. The van der Waals surface area contributed by atoms with Crippen LogP contribution in [0.25, 0.3) is 0 Å². The molecule has 0 fully saturated rings. The normalized spacial score (nSPS) is 11.8. The van der Waals surface area contributed by atoms with E-state index in [1.54, 1.807) is 44.4 Å². The number of Topliss-reactive ketones (excluding diaryl/α,β-unsaturated/α-hetero) is 1. The first kappa shape index (κ1) is 15.4. The minimum absolute atomic E-state index is 0.103. The molecule has 0 saturated heterocycles. The van der Waals surface area contributed by atoms with Gasteiger partial charge in [-0.25, -0.2) is 0 Å². The van der Waals surface area contributed by atoms with Gasteiger partial charge >= 0.3 is 0 Å². The lowest BCUT2D eigenvalue weighted by Gasteiger charge is -2.16. The molecule has 110 valence electrons. The Kier molecular flexibility index (Phi) is 4.86. The van der Waals surface area contributed by atoms with Crippen LogP contribution < -0.4 is 9.47 Å². The minimum Gasteiger partial charge on any atom is -0.493 e. The number of benzene rings is 2. The molecular formula is C17H17ClO3. The summed E-state index contributed by atoms with van der Waals surface area (Å²) < 4.78 is 11.0. The van der Waals surface area contributed by atoms with Crippen LogP contribution in [0.4, 0.5) is 0 Å². The van der Waals surface area contributed by atoms with Crippen molar-refractivity contribution in [3.8, 4) is 11.5 Å². The van der Waals surface area contributed by atoms with Crippen molar-refractivity contribution in [3.05, 3.63) is 58.6 Å². The molecule has 0 aliphatic carbocycles. The van der Waals surface area contributed by atoms with Gasteiger partial charge in [-0.3, -0.25) is 4.79 Å². The van der Waals surface area contributed by atoms with Crippen molar-refractivity contribution >= 4 is 17.4 Å². The second-order valence-corrected chi connectivity index (χ2v) is 5.22. The summed E-state index contributed by atoms with van der Waals surface area (Å²) in [7, 11) is 1.58. The van der Waals surface area contributed by atoms with Crippen LogP contribution in [0, 0.1) is 6.92 Å². The maximum atomic E-state index is 12.3. The van der Waals surface area contributed by atoms with E-state index in [1.807, 2.05) is 19.1 Å². The number of methoxy groups -OCH3 is 1. The highest BCUT2D eigenvalue weighted by Gasteiger charge is 2.18. The smallest absolute Gasteiger partial charge is 0.202 e. The fraction of sp³-hybridized carbons (Fsp3) is 0.235. The number of aryl methyl sites for hydroxylation is 1. The van der Waals surface area contributed by atoms with Crippen LogP contribution in [-0.2, 0) is 0 Å². The number of halogens is 1. The van der Waals surface area contributed by atoms with Crippen LogP contribution in [0.5, 0.6) is 11.5 Å². The van der Waals surface area contributed by atoms with Gasteiger partial charge < -0.3 is 9.47 Å². The first-order valence-electron chi connectivity index (χ1n) is 6.62. The fourth-order valence-electron chi connectivity index (χ4n) is 1.97. The Bertz CT molecular complexity index is 635. The zero-order valence-electron chi connectivity index (χ0n) is 12.2. The van der Waals surface area contributed by atoms with Crippen molar-refractivity contribution < 1.29 is 14.3 Å². The van der Waals surface area contributed by atoms with E-state index >= 15 is 0 Å². The van der Waals surface area contributed by atoms with Gasteiger partial charge in [0.2, 0.25) is 5.78 Å². The molecule has 0 radical (unpaired) electrons. The van der Waals surface area contributed by atoms with E-state index in [9.17, 15) is 4.79 Å². The van der Waals surface area contributed by atoms with E-state index in [0.717, 1.165) is 5.56 Å². The Morgan fingerprint density at radius 3 is 2.38 bits per heavy atom. The molecule has 0 spiro atoms. The van der Waals surface area contributed by atoms with Gasteiger partial charge in [-0.2, -0.15) is 0 Å². The van der Waals surface area contributed by atoms with Crippen LogP contribution in [0.15, 0.2) is 42.5 Å². The predicted molar refractivity (Wildman–Crippen MR) is 83.6 cm³/mol. The lowest BCUT2D eigenvalue weighted by molar-refractivity contribution is 0.0814. The quantitative estimate of drug-likeness (QED) is 0.772. The number of ether oxygens (including phenoxy) is 2. The topological polar surface area (TPSA) is 35.5 Å². The molecule has 2 aromatic rings. The molecule has 2 rings (SSSR count). The molecule has 0 aliphatic rings. The molecule has 0 N–H and O–H groups in total. The molecule has 0 aliphatic heterocycles. The van der Waals surface area contributed by atoms with Gasteiger partial charge in [-0.05, 0) is 55.8 Å². The summed E-state index contributed by atoms with van der Waals surface area (Å²) in [6.45, 7) is 3.69. The lowest BCUT2D eigenvalue weighted by Crippen LogP contribution is -2.24. The first-order chi connectivity index (χ1) is 10.0. The number of ketones is 1. The number of rotatable bonds is 5. The monoisotopic (exact) mass is 304 g/mol. The molecule has 1 atom stereocenters. The molecule has 0 saturated carbocycles. The molecule has 1 unspecified atom stereocenters. The van der Waals surface area contributed by atoms with Crippen LogP contribution in [0.1, 0.15) is 22.8 Å². The molecule has 0 amide bonds. The molecule has 0 aromatic heterocycles. The summed E-state index contributed by atoms with van der Waals surface area (Å²) in [6, 6.07) is 12.3. The average Bonchev–Trinajstić information content (AvgIpc) is 2.49. The highest BCUT2D eigenvalue weighted by Crippen LogP contribution is 2.29. The largest absolute Gasteiger partial charge is 0.493 e. The van der Waals surface area contributed by atoms with Crippen molar-refractivity contribution in [1.29, 1.82) is 0 Å². The fourth-order valence-corrected chi connectivity index (χ4v) is 2.09. The summed E-state index contributed by atoms with van der Waals surface area (Å²) in [4.78, 5) is 12.3. The molecule has 0 bridgehead atoms. The van der Waals surface area contributed by atoms with Crippen LogP contribution in [0.2, 0.25) is 5.02 Å². The number of hydrogen-bond acceptors (Lipinski definition) is 3. The van der Waals surface area contributed by atoms with Gasteiger partial charge in [0.15, 0.2) is 17.6 Å². The summed E-state index contributed by atoms with van der Waals surface area (Å²) >= 11 is 5.82. The van der Waals surface area contributed by atoms with Crippen molar-refractivity contribution in [2.75, 3.05) is 7.11 Å². The highest BCUT2D eigenvalue weighted by molar-refractivity contribution is 6.30. The predicted octanol–water partition coefficient (Wildman–Crippen LogP) is 4.31. The van der Waals surface area contributed by atoms with Gasteiger partial charge in [0, 0.05) is 10.6 Å². The van der Waals surface area contributed by atoms with Gasteiger partial charge in [0.1, 0.15) is 0 Å². The molecule has 21 heavy (non-hydrogen) atoms. The van der Waals surface area contributed by atoms with Crippen molar-refractivity contribution in [3.63, 3.8) is 0 Å². The third-order valence-corrected chi connectivity index (χ3v) is 3.37. The molecule has 0 heterocycles. The van der Waals surface area contributed by atoms with E-state index in [-0.39, 0.29) is 5.78 Å². The number of carbonyl (C=O) groups excluding carboxylic acids is 1. The molecule has 2 aromatic carbocycles. The summed E-state index contributed by atoms with van der Waals surface area (Å²) in [5.41, 5.74) is 1.63. The van der Waals surface area contributed by atoms with Gasteiger partial charge in [0.05, 0.1) is 7.11 Å². The molecule has 3 nitrogen and oxygen atoms in total.